The largest absolute Gasteiger partial charge is 0.474 e. The number of aromatic carboxylic acids is 1. The molecule has 0 fully saturated rings. The average molecular weight is 435 g/mol. The molecule has 3 aromatic rings. The van der Waals surface area contributed by atoms with Gasteiger partial charge >= 0.3 is 17.9 Å². The van der Waals surface area contributed by atoms with E-state index in [9.17, 15) is 9.59 Å². The third-order valence-electron chi connectivity index (χ3n) is 3.91. The van der Waals surface area contributed by atoms with Crippen LogP contribution < -0.4 is 10.6 Å². The summed E-state index contributed by atoms with van der Waals surface area (Å²) in [6.45, 7) is 0. The van der Waals surface area contributed by atoms with Gasteiger partial charge in [-0.2, -0.15) is 4.98 Å². The molecule has 1 unspecified atom stereocenters. The molecule has 0 radical (unpaired) electrons. The predicted molar refractivity (Wildman–Crippen MR) is 108 cm³/mol. The minimum atomic E-state index is -1.31. The molecule has 3 rings (SSSR count). The number of carbonyl (C=O) groups excluding carboxylic acids is 1. The van der Waals surface area contributed by atoms with Gasteiger partial charge in [0, 0.05) is 28.2 Å². The molecule has 150 valence electrons. The van der Waals surface area contributed by atoms with Crippen LogP contribution in [-0.2, 0) is 12.8 Å². The summed E-state index contributed by atoms with van der Waals surface area (Å²) in [6, 6.07) is 13.0. The molecule has 0 spiro atoms. The Balaban J connectivity index is 1.71. The number of urea groups is 1. The first kappa shape index (κ1) is 20.6. The van der Waals surface area contributed by atoms with Gasteiger partial charge in [0.05, 0.1) is 0 Å². The fourth-order valence-electron chi connectivity index (χ4n) is 2.61. The number of hydrogen-bond donors (Lipinski definition) is 3. The van der Waals surface area contributed by atoms with E-state index in [0.29, 0.717) is 22.2 Å². The minimum Gasteiger partial charge on any atom is -0.474 e. The first-order valence-corrected chi connectivity index (χ1v) is 9.28. The molecule has 0 aliphatic carbocycles. The van der Waals surface area contributed by atoms with Gasteiger partial charge in [0.1, 0.15) is 0 Å². The van der Waals surface area contributed by atoms with Gasteiger partial charge in [-0.3, -0.25) is 0 Å². The Labute approximate surface area is 175 Å². The Morgan fingerprint density at radius 3 is 2.21 bits per heavy atom. The van der Waals surface area contributed by atoms with Crippen LogP contribution in [0.25, 0.3) is 0 Å². The molecule has 8 nitrogen and oxygen atoms in total. The molecule has 0 bridgehead atoms. The molecule has 0 aliphatic rings. The lowest BCUT2D eigenvalue weighted by Gasteiger charge is -2.18. The highest BCUT2D eigenvalue weighted by Crippen LogP contribution is 2.15. The number of carboxylic acid groups (broad SMARTS) is 1. The molecule has 1 heterocycles. The summed E-state index contributed by atoms with van der Waals surface area (Å²) in [5.74, 6) is -1.64. The summed E-state index contributed by atoms with van der Waals surface area (Å²) in [5.41, 5.74) is 1.50. The number of benzene rings is 2. The van der Waals surface area contributed by atoms with Crippen molar-refractivity contribution in [1.82, 2.24) is 15.5 Å². The molecule has 0 saturated carbocycles. The van der Waals surface area contributed by atoms with Crippen molar-refractivity contribution in [3.63, 3.8) is 0 Å². The smallest absolute Gasteiger partial charge is 0.394 e. The molecule has 3 N–H and O–H groups in total. The number of anilines is 1. The molecule has 1 atom stereocenters. The zero-order chi connectivity index (χ0) is 20.8. The van der Waals surface area contributed by atoms with E-state index in [2.05, 4.69) is 25.3 Å². The Hall–Kier alpha value is -3.10. The van der Waals surface area contributed by atoms with E-state index in [0.717, 1.165) is 5.56 Å². The van der Waals surface area contributed by atoms with E-state index < -0.39 is 23.9 Å². The molecule has 29 heavy (non-hydrogen) atoms. The molecule has 2 aromatic carbocycles. The highest BCUT2D eigenvalue weighted by Gasteiger charge is 2.20. The lowest BCUT2D eigenvalue weighted by atomic mass is 10.0. The van der Waals surface area contributed by atoms with Crippen LogP contribution in [0.4, 0.5) is 10.5 Å². The van der Waals surface area contributed by atoms with Gasteiger partial charge in [-0.05, 0) is 48.4 Å². The van der Waals surface area contributed by atoms with E-state index in [-0.39, 0.29) is 12.2 Å². The van der Waals surface area contributed by atoms with Crippen molar-refractivity contribution >= 4 is 40.9 Å². The average Bonchev–Trinajstić information content (AvgIpc) is 3.14. The van der Waals surface area contributed by atoms with Gasteiger partial charge in [0.25, 0.3) is 0 Å². The number of hydrogen-bond acceptors (Lipinski definition) is 5. The third-order valence-corrected chi connectivity index (χ3v) is 4.42. The van der Waals surface area contributed by atoms with Crippen LogP contribution >= 0.6 is 23.2 Å². The Morgan fingerprint density at radius 2 is 1.62 bits per heavy atom. The van der Waals surface area contributed by atoms with E-state index >= 15 is 0 Å². The molecular weight excluding hydrogens is 419 g/mol. The van der Waals surface area contributed by atoms with Crippen LogP contribution in [-0.4, -0.2) is 33.3 Å². The van der Waals surface area contributed by atoms with E-state index in [1.165, 1.54) is 0 Å². The number of nitrogens with zero attached hydrogens (tertiary/aromatic N) is 2. The van der Waals surface area contributed by atoms with Gasteiger partial charge in [-0.1, -0.05) is 40.5 Å². The lowest BCUT2D eigenvalue weighted by Crippen LogP contribution is -2.41. The maximum absolute atomic E-state index is 12.4. The summed E-state index contributed by atoms with van der Waals surface area (Å²) >= 11 is 11.8. The van der Waals surface area contributed by atoms with Crippen LogP contribution in [0.5, 0.6) is 0 Å². The molecule has 1 aromatic heterocycles. The van der Waals surface area contributed by atoms with E-state index in [4.69, 9.17) is 28.3 Å². The molecular formula is C19H16Cl2N4O4. The molecule has 2 amide bonds. The van der Waals surface area contributed by atoms with Crippen molar-refractivity contribution in [3.05, 3.63) is 75.9 Å². The van der Waals surface area contributed by atoms with Crippen LogP contribution in [0.15, 0.2) is 53.1 Å². The normalized spacial score (nSPS) is 11.7. The van der Waals surface area contributed by atoms with Crippen molar-refractivity contribution in [1.29, 1.82) is 0 Å². The van der Waals surface area contributed by atoms with Crippen LogP contribution in [0.1, 0.15) is 22.1 Å². The number of halogens is 2. The second kappa shape index (κ2) is 9.40. The van der Waals surface area contributed by atoms with Gasteiger partial charge < -0.3 is 20.3 Å². The molecule has 0 aliphatic heterocycles. The Kier molecular flexibility index (Phi) is 6.69. The number of amides is 2. The first-order chi connectivity index (χ1) is 13.9. The molecule has 0 saturated heterocycles. The maximum Gasteiger partial charge on any atom is 0.394 e. The first-order valence-electron chi connectivity index (χ1n) is 8.52. The number of nitrogens with one attached hydrogen (secondary N) is 2. The van der Waals surface area contributed by atoms with Crippen molar-refractivity contribution in [2.24, 2.45) is 0 Å². The SMILES string of the molecule is O=C(Nc1ccc(Cl)cc1)NC(Cc1ccc(Cl)cc1)Cc1noc(C(=O)O)n1. The van der Waals surface area contributed by atoms with Crippen molar-refractivity contribution < 1.29 is 19.2 Å². The summed E-state index contributed by atoms with van der Waals surface area (Å²) in [4.78, 5) is 27.2. The summed E-state index contributed by atoms with van der Waals surface area (Å²) in [7, 11) is 0. The number of carboxylic acids is 1. The van der Waals surface area contributed by atoms with Gasteiger partial charge in [-0.25, -0.2) is 9.59 Å². The van der Waals surface area contributed by atoms with Crippen molar-refractivity contribution in [2.75, 3.05) is 5.32 Å². The van der Waals surface area contributed by atoms with E-state index in [1.807, 2.05) is 12.1 Å². The predicted octanol–water partition coefficient (Wildman–Crippen LogP) is 4.05. The van der Waals surface area contributed by atoms with Crippen LogP contribution in [0.2, 0.25) is 10.0 Å². The fourth-order valence-corrected chi connectivity index (χ4v) is 2.86. The second-order valence-electron chi connectivity index (χ2n) is 6.16. The molecule has 10 heteroatoms. The zero-order valence-electron chi connectivity index (χ0n) is 14.9. The monoisotopic (exact) mass is 434 g/mol. The summed E-state index contributed by atoms with van der Waals surface area (Å²) in [5, 5.41) is 19.3. The number of carbonyl (C=O) groups is 2. The topological polar surface area (TPSA) is 117 Å². The van der Waals surface area contributed by atoms with Gasteiger partial charge in [0.15, 0.2) is 5.82 Å². The van der Waals surface area contributed by atoms with Gasteiger partial charge in [0.2, 0.25) is 0 Å². The highest BCUT2D eigenvalue weighted by atomic mass is 35.5. The van der Waals surface area contributed by atoms with Crippen molar-refractivity contribution in [2.45, 2.75) is 18.9 Å². The van der Waals surface area contributed by atoms with Crippen LogP contribution in [0.3, 0.4) is 0 Å². The third kappa shape index (κ3) is 6.20. The fraction of sp³-hybridized carbons (Fsp3) is 0.158. The minimum absolute atomic E-state index is 0.174. The number of aromatic nitrogens is 2. The number of rotatable bonds is 7. The van der Waals surface area contributed by atoms with E-state index in [1.54, 1.807) is 36.4 Å². The quantitative estimate of drug-likeness (QED) is 0.516. The Morgan fingerprint density at radius 1 is 1.00 bits per heavy atom. The van der Waals surface area contributed by atoms with Crippen LogP contribution in [0, 0.1) is 0 Å². The zero-order valence-corrected chi connectivity index (χ0v) is 16.4. The standard InChI is InChI=1S/C19H16Cl2N4O4/c20-12-3-1-11(2-4-12)9-15(10-16-24-17(18(26)27)29-25-16)23-19(28)22-14-7-5-13(21)6-8-14/h1-8,15H,9-10H2,(H,26,27)(H2,22,23,28). The second-order valence-corrected chi connectivity index (χ2v) is 7.03. The summed E-state index contributed by atoms with van der Waals surface area (Å²) < 4.78 is 4.69. The van der Waals surface area contributed by atoms with Gasteiger partial charge in [-0.15, -0.1) is 0 Å². The Bertz CT molecular complexity index is 990. The highest BCUT2D eigenvalue weighted by molar-refractivity contribution is 6.30. The maximum atomic E-state index is 12.4. The van der Waals surface area contributed by atoms with Crippen molar-refractivity contribution in [3.8, 4) is 0 Å². The lowest BCUT2D eigenvalue weighted by molar-refractivity contribution is 0.0643. The summed E-state index contributed by atoms with van der Waals surface area (Å²) in [6.07, 6.45) is 0.621.